The van der Waals surface area contributed by atoms with Crippen molar-refractivity contribution in [1.29, 1.82) is 0 Å². The standard InChI is InChI=1S/C18H30/c1-15-16(2)18(11-7-4-8-12-18)14-13-17(15)9-5-3-6-10-17/h3-14H2,1-2H3. The summed E-state index contributed by atoms with van der Waals surface area (Å²) in [5.74, 6) is 0. The van der Waals surface area contributed by atoms with Crippen molar-refractivity contribution in [3.8, 4) is 0 Å². The molecule has 2 saturated carbocycles. The van der Waals surface area contributed by atoms with Crippen LogP contribution in [0.5, 0.6) is 0 Å². The monoisotopic (exact) mass is 246 g/mol. The molecule has 0 N–H and O–H groups in total. The average Bonchev–Trinajstić information content (AvgIpc) is 2.44. The second kappa shape index (κ2) is 4.69. The van der Waals surface area contributed by atoms with Crippen LogP contribution in [0, 0.1) is 10.8 Å². The van der Waals surface area contributed by atoms with Crippen LogP contribution in [0.15, 0.2) is 11.1 Å². The molecule has 102 valence electrons. The highest BCUT2D eigenvalue weighted by Crippen LogP contribution is 2.59. The van der Waals surface area contributed by atoms with E-state index in [9.17, 15) is 0 Å². The summed E-state index contributed by atoms with van der Waals surface area (Å²) in [7, 11) is 0. The van der Waals surface area contributed by atoms with Crippen molar-refractivity contribution in [3.63, 3.8) is 0 Å². The fourth-order valence-corrected chi connectivity index (χ4v) is 5.36. The molecular formula is C18H30. The summed E-state index contributed by atoms with van der Waals surface area (Å²) < 4.78 is 0. The fourth-order valence-electron chi connectivity index (χ4n) is 5.36. The molecule has 18 heavy (non-hydrogen) atoms. The first kappa shape index (κ1) is 12.8. The Hall–Kier alpha value is -0.260. The molecule has 3 aliphatic carbocycles. The van der Waals surface area contributed by atoms with Gasteiger partial charge < -0.3 is 0 Å². The Morgan fingerprint density at radius 2 is 0.833 bits per heavy atom. The molecule has 0 radical (unpaired) electrons. The molecule has 0 nitrogen and oxygen atoms in total. The molecule has 0 heterocycles. The van der Waals surface area contributed by atoms with Crippen LogP contribution >= 0.6 is 0 Å². The third-order valence-electron chi connectivity index (χ3n) is 6.86. The number of allylic oxidation sites excluding steroid dienone is 2. The zero-order valence-electron chi connectivity index (χ0n) is 12.5. The lowest BCUT2D eigenvalue weighted by molar-refractivity contribution is 0.120. The molecule has 0 saturated heterocycles. The summed E-state index contributed by atoms with van der Waals surface area (Å²) >= 11 is 0. The van der Waals surface area contributed by atoms with Gasteiger partial charge in [0.1, 0.15) is 0 Å². The van der Waals surface area contributed by atoms with Gasteiger partial charge in [0.25, 0.3) is 0 Å². The van der Waals surface area contributed by atoms with Crippen LogP contribution in [0.2, 0.25) is 0 Å². The van der Waals surface area contributed by atoms with Gasteiger partial charge in [-0.2, -0.15) is 0 Å². The third kappa shape index (κ3) is 1.87. The van der Waals surface area contributed by atoms with Gasteiger partial charge in [0, 0.05) is 0 Å². The van der Waals surface area contributed by atoms with Crippen molar-refractivity contribution in [1.82, 2.24) is 0 Å². The molecule has 0 unspecified atom stereocenters. The molecule has 0 aliphatic heterocycles. The Balaban J connectivity index is 1.91. The predicted molar refractivity (Wildman–Crippen MR) is 78.6 cm³/mol. The average molecular weight is 246 g/mol. The van der Waals surface area contributed by atoms with E-state index in [0.29, 0.717) is 10.8 Å². The van der Waals surface area contributed by atoms with Crippen LogP contribution in [-0.2, 0) is 0 Å². The SMILES string of the molecule is CC1=C(C)C2(CCCCC2)CCC12CCCCC2. The van der Waals surface area contributed by atoms with Crippen LogP contribution in [-0.4, -0.2) is 0 Å². The van der Waals surface area contributed by atoms with Gasteiger partial charge in [-0.15, -0.1) is 0 Å². The van der Waals surface area contributed by atoms with E-state index in [-0.39, 0.29) is 0 Å². The van der Waals surface area contributed by atoms with E-state index in [2.05, 4.69) is 13.8 Å². The zero-order valence-corrected chi connectivity index (χ0v) is 12.5. The van der Waals surface area contributed by atoms with Gasteiger partial charge in [-0.05, 0) is 63.2 Å². The van der Waals surface area contributed by atoms with Crippen LogP contribution in [0.3, 0.4) is 0 Å². The fraction of sp³-hybridized carbons (Fsp3) is 0.889. The van der Waals surface area contributed by atoms with Gasteiger partial charge in [-0.3, -0.25) is 0 Å². The van der Waals surface area contributed by atoms with Gasteiger partial charge in [0.05, 0.1) is 0 Å². The van der Waals surface area contributed by atoms with E-state index in [1.807, 2.05) is 11.1 Å². The molecule has 0 heteroatoms. The maximum Gasteiger partial charge on any atom is -0.00877 e. The van der Waals surface area contributed by atoms with Gasteiger partial charge in [-0.25, -0.2) is 0 Å². The Morgan fingerprint density at radius 3 is 1.17 bits per heavy atom. The van der Waals surface area contributed by atoms with Crippen molar-refractivity contribution in [3.05, 3.63) is 11.1 Å². The Labute approximate surface area is 113 Å². The van der Waals surface area contributed by atoms with E-state index >= 15 is 0 Å². The number of hydrogen-bond acceptors (Lipinski definition) is 0. The van der Waals surface area contributed by atoms with Crippen molar-refractivity contribution >= 4 is 0 Å². The molecule has 2 spiro atoms. The highest BCUT2D eigenvalue weighted by molar-refractivity contribution is 5.29. The summed E-state index contributed by atoms with van der Waals surface area (Å²) in [6.07, 6.45) is 17.9. The minimum atomic E-state index is 0.644. The van der Waals surface area contributed by atoms with Crippen LogP contribution < -0.4 is 0 Å². The van der Waals surface area contributed by atoms with Crippen molar-refractivity contribution in [2.45, 2.75) is 90.9 Å². The first-order chi connectivity index (χ1) is 8.69. The highest BCUT2D eigenvalue weighted by Gasteiger charge is 2.45. The summed E-state index contributed by atoms with van der Waals surface area (Å²) in [5.41, 5.74) is 4.95. The Morgan fingerprint density at radius 1 is 0.500 bits per heavy atom. The summed E-state index contributed by atoms with van der Waals surface area (Å²) in [6, 6.07) is 0. The molecule has 3 rings (SSSR count). The first-order valence-corrected chi connectivity index (χ1v) is 8.37. The lowest BCUT2D eigenvalue weighted by atomic mass is 9.54. The lowest BCUT2D eigenvalue weighted by Gasteiger charge is -2.51. The molecular weight excluding hydrogens is 216 g/mol. The van der Waals surface area contributed by atoms with E-state index in [0.717, 1.165) is 0 Å². The van der Waals surface area contributed by atoms with Crippen LogP contribution in [0.4, 0.5) is 0 Å². The van der Waals surface area contributed by atoms with Gasteiger partial charge in [-0.1, -0.05) is 49.7 Å². The number of rotatable bonds is 0. The largest absolute Gasteiger partial charge is 0.0676 e. The van der Waals surface area contributed by atoms with E-state index in [1.54, 1.807) is 0 Å². The first-order valence-electron chi connectivity index (χ1n) is 8.37. The molecule has 0 amide bonds. The zero-order chi connectivity index (χ0) is 12.6. The normalized spacial score (nSPS) is 31.0. The molecule has 0 aromatic rings. The maximum absolute atomic E-state index is 2.50. The summed E-state index contributed by atoms with van der Waals surface area (Å²) in [5, 5.41) is 0. The van der Waals surface area contributed by atoms with E-state index in [1.165, 1.54) is 77.0 Å². The van der Waals surface area contributed by atoms with Crippen LogP contribution in [0.25, 0.3) is 0 Å². The second-order valence-corrected chi connectivity index (χ2v) is 7.43. The third-order valence-corrected chi connectivity index (χ3v) is 6.86. The van der Waals surface area contributed by atoms with E-state index < -0.39 is 0 Å². The minimum absolute atomic E-state index is 0.644. The molecule has 2 fully saturated rings. The van der Waals surface area contributed by atoms with Crippen molar-refractivity contribution in [2.75, 3.05) is 0 Å². The molecule has 0 atom stereocenters. The molecule has 3 aliphatic rings. The van der Waals surface area contributed by atoms with E-state index in [4.69, 9.17) is 0 Å². The van der Waals surface area contributed by atoms with Crippen molar-refractivity contribution in [2.24, 2.45) is 10.8 Å². The topological polar surface area (TPSA) is 0 Å². The molecule has 0 aromatic carbocycles. The summed E-state index contributed by atoms with van der Waals surface area (Å²) in [4.78, 5) is 0. The predicted octanol–water partition coefficient (Wildman–Crippen LogP) is 6.02. The minimum Gasteiger partial charge on any atom is -0.0676 e. The number of hydrogen-bond donors (Lipinski definition) is 0. The van der Waals surface area contributed by atoms with Crippen molar-refractivity contribution < 1.29 is 0 Å². The highest BCUT2D eigenvalue weighted by atomic mass is 14.5. The molecule has 0 aromatic heterocycles. The quantitative estimate of drug-likeness (QED) is 0.459. The Kier molecular flexibility index (Phi) is 3.32. The smallest absolute Gasteiger partial charge is 0.00877 e. The molecule has 0 bridgehead atoms. The van der Waals surface area contributed by atoms with Gasteiger partial charge in [0.2, 0.25) is 0 Å². The van der Waals surface area contributed by atoms with Gasteiger partial charge >= 0.3 is 0 Å². The lowest BCUT2D eigenvalue weighted by Crippen LogP contribution is -2.38. The summed E-state index contributed by atoms with van der Waals surface area (Å²) in [6.45, 7) is 4.99. The Bertz CT molecular complexity index is 301. The maximum atomic E-state index is 2.50. The van der Waals surface area contributed by atoms with Crippen LogP contribution in [0.1, 0.15) is 90.9 Å². The second-order valence-electron chi connectivity index (χ2n) is 7.43. The van der Waals surface area contributed by atoms with Gasteiger partial charge in [0.15, 0.2) is 0 Å².